The Labute approximate surface area is 204 Å². The molecule has 0 aliphatic carbocycles. The van der Waals surface area contributed by atoms with Gasteiger partial charge in [-0.3, -0.25) is 9.80 Å². The second-order valence-electron chi connectivity index (χ2n) is 8.57. The molecule has 4 heterocycles. The van der Waals surface area contributed by atoms with Crippen molar-refractivity contribution in [3.8, 4) is 0 Å². The molecule has 0 saturated carbocycles. The smallest absolute Gasteiger partial charge is 0.261 e. The Hall–Kier alpha value is -3.73. The minimum absolute atomic E-state index is 0.147. The van der Waals surface area contributed by atoms with Crippen LogP contribution in [0.5, 0.6) is 0 Å². The number of halogens is 2. The Kier molecular flexibility index (Phi) is 5.28. The van der Waals surface area contributed by atoms with Gasteiger partial charge in [0.15, 0.2) is 5.16 Å². The van der Waals surface area contributed by atoms with E-state index in [9.17, 15) is 13.6 Å². The summed E-state index contributed by atoms with van der Waals surface area (Å²) in [5.41, 5.74) is 0.940. The van der Waals surface area contributed by atoms with Gasteiger partial charge in [0.1, 0.15) is 41.0 Å². The van der Waals surface area contributed by atoms with Crippen LogP contribution in [-0.2, 0) is 0 Å². The third kappa shape index (κ3) is 4.16. The van der Waals surface area contributed by atoms with E-state index >= 15 is 0 Å². The van der Waals surface area contributed by atoms with Crippen molar-refractivity contribution in [2.24, 2.45) is 5.10 Å². The van der Waals surface area contributed by atoms with Crippen LogP contribution in [0.2, 0.25) is 0 Å². The molecule has 178 valence electrons. The van der Waals surface area contributed by atoms with Gasteiger partial charge < -0.3 is 15.5 Å². The minimum Gasteiger partial charge on any atom is -0.356 e. The van der Waals surface area contributed by atoms with Crippen LogP contribution in [0.3, 0.4) is 0 Å². The molecule has 3 aliphatic rings. The largest absolute Gasteiger partial charge is 0.356 e. The first-order valence-corrected chi connectivity index (χ1v) is 12.1. The first-order chi connectivity index (χ1) is 17.0. The molecule has 1 amide bonds. The maximum absolute atomic E-state index is 13.9. The molecule has 2 aromatic carbocycles. The molecular weight excluding hydrogens is 472 g/mol. The van der Waals surface area contributed by atoms with Crippen molar-refractivity contribution in [1.29, 1.82) is 0 Å². The fourth-order valence-electron chi connectivity index (χ4n) is 4.11. The molecule has 11 heteroatoms. The third-order valence-corrected chi connectivity index (χ3v) is 7.03. The Morgan fingerprint density at radius 3 is 2.43 bits per heavy atom. The van der Waals surface area contributed by atoms with E-state index in [0.29, 0.717) is 16.9 Å². The summed E-state index contributed by atoms with van der Waals surface area (Å²) in [5.74, 6) is -1.02. The number of hydrazone groups is 1. The summed E-state index contributed by atoms with van der Waals surface area (Å²) in [5, 5.41) is 12.9. The molecule has 0 spiro atoms. The van der Waals surface area contributed by atoms with E-state index in [-0.39, 0.29) is 6.17 Å². The summed E-state index contributed by atoms with van der Waals surface area (Å²) in [6.07, 6.45) is 1.29. The molecule has 2 fully saturated rings. The Morgan fingerprint density at radius 1 is 1.09 bits per heavy atom. The predicted octanol–water partition coefficient (Wildman–Crippen LogP) is 4.18. The van der Waals surface area contributed by atoms with Crippen LogP contribution in [0.25, 0.3) is 0 Å². The number of carbonyl (C=O) groups is 1. The van der Waals surface area contributed by atoms with Crippen molar-refractivity contribution in [2.75, 3.05) is 28.6 Å². The lowest BCUT2D eigenvalue weighted by atomic mass is 10.2. The monoisotopic (exact) mass is 493 g/mol. The van der Waals surface area contributed by atoms with E-state index < -0.39 is 23.1 Å². The van der Waals surface area contributed by atoms with Crippen LogP contribution in [0.1, 0.15) is 23.7 Å². The number of amides is 1. The minimum atomic E-state index is -0.906. The number of fused-ring (bicyclic) bond motifs is 1. The van der Waals surface area contributed by atoms with Gasteiger partial charge >= 0.3 is 0 Å². The van der Waals surface area contributed by atoms with Crippen molar-refractivity contribution in [1.82, 2.24) is 15.0 Å². The molecular formula is C24H21F2N7OS. The molecule has 3 aliphatic heterocycles. The predicted molar refractivity (Wildman–Crippen MR) is 130 cm³/mol. The van der Waals surface area contributed by atoms with E-state index in [1.54, 1.807) is 24.3 Å². The van der Waals surface area contributed by atoms with Crippen molar-refractivity contribution in [3.05, 3.63) is 65.7 Å². The van der Waals surface area contributed by atoms with Gasteiger partial charge in [-0.1, -0.05) is 6.07 Å². The summed E-state index contributed by atoms with van der Waals surface area (Å²) < 4.78 is 27.7. The van der Waals surface area contributed by atoms with Crippen molar-refractivity contribution >= 4 is 40.7 Å². The second-order valence-corrected chi connectivity index (χ2v) is 9.61. The van der Waals surface area contributed by atoms with Crippen LogP contribution in [0, 0.1) is 11.6 Å². The lowest BCUT2D eigenvalue weighted by Crippen LogP contribution is -2.37. The maximum atomic E-state index is 13.9. The van der Waals surface area contributed by atoms with Crippen LogP contribution in [0.15, 0.2) is 63.7 Å². The fraction of sp³-hybridized carbons (Fsp3) is 0.250. The van der Waals surface area contributed by atoms with Gasteiger partial charge in [0.2, 0.25) is 0 Å². The summed E-state index contributed by atoms with van der Waals surface area (Å²) in [6, 6.07) is 12.6. The van der Waals surface area contributed by atoms with Gasteiger partial charge in [0.25, 0.3) is 5.91 Å². The van der Waals surface area contributed by atoms with Crippen molar-refractivity contribution in [3.63, 3.8) is 0 Å². The molecule has 35 heavy (non-hydrogen) atoms. The maximum Gasteiger partial charge on any atom is 0.261 e. The van der Waals surface area contributed by atoms with Crippen molar-refractivity contribution < 1.29 is 13.6 Å². The van der Waals surface area contributed by atoms with E-state index in [1.165, 1.54) is 17.8 Å². The number of anilines is 3. The van der Waals surface area contributed by atoms with Gasteiger partial charge in [-0.25, -0.2) is 18.7 Å². The van der Waals surface area contributed by atoms with Crippen molar-refractivity contribution in [2.45, 2.75) is 35.6 Å². The van der Waals surface area contributed by atoms with Gasteiger partial charge in [0, 0.05) is 29.7 Å². The van der Waals surface area contributed by atoms with Crippen LogP contribution >= 0.6 is 11.8 Å². The topological polar surface area (TPSA) is 85.5 Å². The number of carbonyl (C=O) groups excluding carboxylic acids is 1. The number of hydrogen-bond donors (Lipinski definition) is 2. The zero-order valence-corrected chi connectivity index (χ0v) is 19.5. The van der Waals surface area contributed by atoms with Crippen LogP contribution < -0.4 is 15.5 Å². The molecule has 2 unspecified atom stereocenters. The summed E-state index contributed by atoms with van der Waals surface area (Å²) >= 11 is 1.40. The first-order valence-electron chi connectivity index (χ1n) is 11.2. The SMILES string of the molecule is CC1=NN2C(Nc3cc(N4CCC4)nc(Sc4ccc(NC(=O)c5c(F)cccc5F)cc4)n3)C12. The van der Waals surface area contributed by atoms with Crippen LogP contribution in [-0.4, -0.2) is 51.9 Å². The van der Waals surface area contributed by atoms with E-state index in [4.69, 9.17) is 4.98 Å². The fourth-order valence-corrected chi connectivity index (χ4v) is 4.87. The van der Waals surface area contributed by atoms with Crippen LogP contribution in [0.4, 0.5) is 26.1 Å². The molecule has 2 saturated heterocycles. The Morgan fingerprint density at radius 2 is 1.83 bits per heavy atom. The normalized spacial score (nSPS) is 19.8. The molecule has 0 bridgehead atoms. The zero-order valence-electron chi connectivity index (χ0n) is 18.7. The highest BCUT2D eigenvalue weighted by Gasteiger charge is 2.56. The highest BCUT2D eigenvalue weighted by molar-refractivity contribution is 7.99. The van der Waals surface area contributed by atoms with Gasteiger partial charge in [-0.15, -0.1) is 0 Å². The number of aromatic nitrogens is 2. The average molecular weight is 494 g/mol. The number of nitrogens with zero attached hydrogens (tertiary/aromatic N) is 5. The summed E-state index contributed by atoms with van der Waals surface area (Å²) in [6.45, 7) is 3.96. The molecule has 3 aromatic rings. The van der Waals surface area contributed by atoms with E-state index in [2.05, 4.69) is 25.6 Å². The highest BCUT2D eigenvalue weighted by atomic mass is 32.2. The molecule has 1 aromatic heterocycles. The summed E-state index contributed by atoms with van der Waals surface area (Å²) in [7, 11) is 0. The van der Waals surface area contributed by atoms with Gasteiger partial charge in [-0.05, 0) is 61.5 Å². The molecule has 2 atom stereocenters. The number of benzene rings is 2. The lowest BCUT2D eigenvalue weighted by Gasteiger charge is -2.32. The first kappa shape index (κ1) is 21.8. The zero-order chi connectivity index (χ0) is 24.1. The van der Waals surface area contributed by atoms with Gasteiger partial charge in [0.05, 0.1) is 5.71 Å². The average Bonchev–Trinajstić information content (AvgIpc) is 3.36. The number of hydrogen-bond acceptors (Lipinski definition) is 8. The Bertz CT molecular complexity index is 1330. The van der Waals surface area contributed by atoms with E-state index in [1.807, 2.05) is 18.0 Å². The highest BCUT2D eigenvalue weighted by Crippen LogP contribution is 2.39. The second kappa shape index (κ2) is 8.49. The quantitative estimate of drug-likeness (QED) is 0.377. The molecule has 8 nitrogen and oxygen atoms in total. The molecule has 0 radical (unpaired) electrons. The van der Waals surface area contributed by atoms with Gasteiger partial charge in [-0.2, -0.15) is 5.10 Å². The number of rotatable bonds is 7. The lowest BCUT2D eigenvalue weighted by molar-refractivity contribution is 0.101. The standard InChI is InChI=1S/C24H21F2N7OS/c1-13-21-22(33(21)31-13)28-18-12-19(32-10-3-11-32)30-24(29-18)35-15-8-6-14(7-9-15)27-23(34)20-16(25)4-2-5-17(20)26/h2,4-9,12,21-22H,3,10-11H2,1H3,(H,27,34)(H,28,29,30). The Balaban J connectivity index is 1.16. The molecule has 6 rings (SSSR count). The third-order valence-electron chi connectivity index (χ3n) is 6.16. The number of nitrogens with one attached hydrogen (secondary N) is 2. The molecule has 2 N–H and O–H groups in total. The van der Waals surface area contributed by atoms with E-state index in [0.717, 1.165) is 53.9 Å². The summed E-state index contributed by atoms with van der Waals surface area (Å²) in [4.78, 5) is 24.8.